The van der Waals surface area contributed by atoms with Crippen LogP contribution in [-0.4, -0.2) is 0 Å². The van der Waals surface area contributed by atoms with Crippen LogP contribution in [0.5, 0.6) is 0 Å². The third-order valence-electron chi connectivity index (χ3n) is 10.7. The minimum Gasteiger partial charge on any atom is -0.456 e. The zero-order valence-corrected chi connectivity index (χ0v) is 28.1. The maximum Gasteiger partial charge on any atom is 0.136 e. The minimum absolute atomic E-state index is 0.906. The fraction of sp³-hybridized carbons (Fsp3) is 0. The van der Waals surface area contributed by atoms with Crippen LogP contribution in [0.1, 0.15) is 0 Å². The highest BCUT2D eigenvalue weighted by Gasteiger charge is 2.19. The van der Waals surface area contributed by atoms with Crippen LogP contribution in [0.15, 0.2) is 191 Å². The summed E-state index contributed by atoms with van der Waals surface area (Å²) in [5.41, 5.74) is 13.2. The summed E-state index contributed by atoms with van der Waals surface area (Å²) in [6.45, 7) is 0. The Morgan fingerprint density at radius 1 is 0.250 bits per heavy atom. The van der Waals surface area contributed by atoms with Crippen molar-refractivity contribution in [1.29, 1.82) is 0 Å². The SMILES string of the molecule is c1ccc(-c2cccc3oc4ccccc4c23)c(-c2ccc(-c3c4ccccc4c(-c4ccc5c(c4)oc4ccccc45)c4ccccc34)cc2)c1. The van der Waals surface area contributed by atoms with Crippen LogP contribution < -0.4 is 0 Å². The second-order valence-corrected chi connectivity index (χ2v) is 13.6. The molecule has 0 amide bonds. The van der Waals surface area contributed by atoms with Gasteiger partial charge in [0.15, 0.2) is 0 Å². The molecule has 0 bridgehead atoms. The van der Waals surface area contributed by atoms with Crippen molar-refractivity contribution in [2.45, 2.75) is 0 Å². The van der Waals surface area contributed by atoms with Gasteiger partial charge in [0.25, 0.3) is 0 Å². The summed E-state index contributed by atoms with van der Waals surface area (Å²) >= 11 is 0. The number of benzene rings is 9. The lowest BCUT2D eigenvalue weighted by molar-refractivity contribution is 0.668. The molecular weight excluding hydrogens is 633 g/mol. The van der Waals surface area contributed by atoms with E-state index in [9.17, 15) is 0 Å². The Kier molecular flexibility index (Phi) is 6.28. The van der Waals surface area contributed by atoms with Crippen molar-refractivity contribution in [3.05, 3.63) is 182 Å². The average molecular weight is 663 g/mol. The van der Waals surface area contributed by atoms with Crippen LogP contribution in [-0.2, 0) is 0 Å². The molecule has 11 rings (SSSR count). The van der Waals surface area contributed by atoms with Gasteiger partial charge in [0.1, 0.15) is 22.3 Å². The maximum absolute atomic E-state index is 6.35. The highest BCUT2D eigenvalue weighted by molar-refractivity contribution is 6.22. The van der Waals surface area contributed by atoms with Crippen molar-refractivity contribution in [1.82, 2.24) is 0 Å². The topological polar surface area (TPSA) is 26.3 Å². The summed E-state index contributed by atoms with van der Waals surface area (Å²) in [7, 11) is 0. The predicted molar refractivity (Wildman–Crippen MR) is 218 cm³/mol. The summed E-state index contributed by atoms with van der Waals surface area (Å²) in [5, 5.41) is 9.48. The summed E-state index contributed by atoms with van der Waals surface area (Å²) in [4.78, 5) is 0. The van der Waals surface area contributed by atoms with E-state index in [0.29, 0.717) is 0 Å². The molecule has 0 saturated carbocycles. The Labute approximate surface area is 299 Å². The van der Waals surface area contributed by atoms with Gasteiger partial charge >= 0.3 is 0 Å². The molecule has 0 N–H and O–H groups in total. The molecule has 2 nitrogen and oxygen atoms in total. The van der Waals surface area contributed by atoms with Gasteiger partial charge < -0.3 is 8.83 Å². The third kappa shape index (κ3) is 4.31. The first-order valence-electron chi connectivity index (χ1n) is 17.8. The molecule has 2 heterocycles. The number of fused-ring (bicyclic) bond motifs is 8. The lowest BCUT2D eigenvalue weighted by Gasteiger charge is -2.18. The summed E-state index contributed by atoms with van der Waals surface area (Å²) in [6.07, 6.45) is 0. The summed E-state index contributed by atoms with van der Waals surface area (Å²) in [6, 6.07) is 65.1. The standard InChI is InChI=1S/C50H30O2/c1-2-13-35(38-20-11-23-46-50(38)43-19-8-10-22-45(43)51-46)34(12-1)31-24-26-32(27-25-31)48-39-15-3-5-17-41(39)49(42-18-6-4-16-40(42)48)33-28-29-37-36-14-7-9-21-44(36)52-47(37)30-33/h1-30H. The van der Waals surface area contributed by atoms with Gasteiger partial charge in [-0.05, 0) is 96.4 Å². The molecular formula is C50H30O2. The Morgan fingerprint density at radius 3 is 1.38 bits per heavy atom. The van der Waals surface area contributed by atoms with Crippen molar-refractivity contribution in [3.8, 4) is 44.5 Å². The molecule has 0 aliphatic rings. The Balaban J connectivity index is 1.07. The smallest absolute Gasteiger partial charge is 0.136 e. The van der Waals surface area contributed by atoms with E-state index in [1.54, 1.807) is 0 Å². The van der Waals surface area contributed by atoms with Gasteiger partial charge in [-0.2, -0.15) is 0 Å². The lowest BCUT2D eigenvalue weighted by Crippen LogP contribution is -1.91. The molecule has 11 aromatic rings. The number of hydrogen-bond donors (Lipinski definition) is 0. The summed E-state index contributed by atoms with van der Waals surface area (Å²) in [5.74, 6) is 0. The van der Waals surface area contributed by atoms with Crippen LogP contribution in [0, 0.1) is 0 Å². The third-order valence-corrected chi connectivity index (χ3v) is 10.7. The van der Waals surface area contributed by atoms with Crippen LogP contribution in [0.2, 0.25) is 0 Å². The Morgan fingerprint density at radius 2 is 0.692 bits per heavy atom. The van der Waals surface area contributed by atoms with Crippen LogP contribution >= 0.6 is 0 Å². The van der Waals surface area contributed by atoms with E-state index in [4.69, 9.17) is 8.83 Å². The fourth-order valence-electron chi connectivity index (χ4n) is 8.42. The lowest BCUT2D eigenvalue weighted by atomic mass is 9.85. The highest BCUT2D eigenvalue weighted by Crippen LogP contribution is 2.46. The van der Waals surface area contributed by atoms with Gasteiger partial charge in [-0.15, -0.1) is 0 Å². The zero-order valence-electron chi connectivity index (χ0n) is 28.1. The van der Waals surface area contributed by atoms with Crippen molar-refractivity contribution < 1.29 is 8.83 Å². The van der Waals surface area contributed by atoms with Gasteiger partial charge in [0, 0.05) is 21.5 Å². The Bertz CT molecular complexity index is 3120. The molecule has 9 aromatic carbocycles. The van der Waals surface area contributed by atoms with Crippen LogP contribution in [0.4, 0.5) is 0 Å². The number of para-hydroxylation sites is 2. The van der Waals surface area contributed by atoms with E-state index in [1.165, 1.54) is 60.5 Å². The predicted octanol–water partition coefficient (Wildman–Crippen LogP) is 14.5. The van der Waals surface area contributed by atoms with Crippen molar-refractivity contribution in [2.75, 3.05) is 0 Å². The second-order valence-electron chi connectivity index (χ2n) is 13.6. The molecule has 0 aliphatic heterocycles. The number of furan rings is 2. The molecule has 242 valence electrons. The molecule has 0 unspecified atom stereocenters. The fourth-order valence-corrected chi connectivity index (χ4v) is 8.42. The molecule has 2 heteroatoms. The van der Waals surface area contributed by atoms with E-state index < -0.39 is 0 Å². The Hall–Kier alpha value is -6.90. The van der Waals surface area contributed by atoms with E-state index >= 15 is 0 Å². The van der Waals surface area contributed by atoms with E-state index in [1.807, 2.05) is 24.3 Å². The molecule has 2 aromatic heterocycles. The van der Waals surface area contributed by atoms with Crippen molar-refractivity contribution in [3.63, 3.8) is 0 Å². The maximum atomic E-state index is 6.35. The molecule has 0 saturated heterocycles. The van der Waals surface area contributed by atoms with Gasteiger partial charge in [-0.25, -0.2) is 0 Å². The normalized spacial score (nSPS) is 11.8. The molecule has 0 atom stereocenters. The largest absolute Gasteiger partial charge is 0.456 e. The first-order chi connectivity index (χ1) is 25.8. The first-order valence-corrected chi connectivity index (χ1v) is 17.8. The van der Waals surface area contributed by atoms with Crippen molar-refractivity contribution >= 4 is 65.4 Å². The van der Waals surface area contributed by atoms with Crippen LogP contribution in [0.25, 0.3) is 110 Å². The quantitative estimate of drug-likeness (QED) is 0.175. The monoisotopic (exact) mass is 662 g/mol. The van der Waals surface area contributed by atoms with E-state index in [0.717, 1.165) is 49.4 Å². The highest BCUT2D eigenvalue weighted by atomic mass is 16.3. The molecule has 0 spiro atoms. The van der Waals surface area contributed by atoms with E-state index in [2.05, 4.69) is 158 Å². The molecule has 0 radical (unpaired) electrons. The first kappa shape index (κ1) is 28.9. The van der Waals surface area contributed by atoms with Gasteiger partial charge in [-0.1, -0.05) is 152 Å². The second kappa shape index (κ2) is 11.3. The number of rotatable bonds is 4. The van der Waals surface area contributed by atoms with Crippen LogP contribution in [0.3, 0.4) is 0 Å². The van der Waals surface area contributed by atoms with E-state index in [-0.39, 0.29) is 0 Å². The zero-order chi connectivity index (χ0) is 34.2. The molecule has 52 heavy (non-hydrogen) atoms. The summed E-state index contributed by atoms with van der Waals surface area (Å²) < 4.78 is 12.6. The van der Waals surface area contributed by atoms with Gasteiger partial charge in [0.05, 0.1) is 0 Å². The minimum atomic E-state index is 0.906. The molecule has 0 aliphatic carbocycles. The average Bonchev–Trinajstić information content (AvgIpc) is 3.78. The van der Waals surface area contributed by atoms with Gasteiger partial charge in [0.2, 0.25) is 0 Å². The van der Waals surface area contributed by atoms with Crippen molar-refractivity contribution in [2.24, 2.45) is 0 Å². The number of hydrogen-bond acceptors (Lipinski definition) is 2. The molecule has 0 fully saturated rings. The van der Waals surface area contributed by atoms with Gasteiger partial charge in [-0.3, -0.25) is 0 Å².